The first-order chi connectivity index (χ1) is 9.43. The molecule has 1 atom stereocenters. The molecule has 2 heterocycles. The van der Waals surface area contributed by atoms with Gasteiger partial charge in [-0.05, 0) is 53.7 Å². The Labute approximate surface area is 121 Å². The summed E-state index contributed by atoms with van der Waals surface area (Å²) in [6.07, 6.45) is 0. The summed E-state index contributed by atoms with van der Waals surface area (Å²) < 4.78 is 2.06. The van der Waals surface area contributed by atoms with Crippen molar-refractivity contribution < 1.29 is 0 Å². The zero-order valence-corrected chi connectivity index (χ0v) is 13.3. The Morgan fingerprint density at radius 1 is 1.15 bits per heavy atom. The van der Waals surface area contributed by atoms with Gasteiger partial charge in [-0.15, -0.1) is 0 Å². The summed E-state index contributed by atoms with van der Waals surface area (Å²) in [7, 11) is 0. The molecule has 0 aromatic carbocycles. The van der Waals surface area contributed by atoms with E-state index in [4.69, 9.17) is 0 Å². The van der Waals surface area contributed by atoms with Crippen molar-refractivity contribution in [2.45, 2.75) is 54.1 Å². The monoisotopic (exact) mass is 272 g/mol. The maximum atomic E-state index is 4.59. The number of anilines is 1. The molecule has 2 rings (SSSR count). The Morgan fingerprint density at radius 2 is 1.85 bits per heavy atom. The van der Waals surface area contributed by atoms with Crippen LogP contribution in [0.2, 0.25) is 0 Å². The highest BCUT2D eigenvalue weighted by atomic mass is 15.3. The number of aryl methyl sites for hydroxylation is 4. The van der Waals surface area contributed by atoms with Crippen molar-refractivity contribution in [1.82, 2.24) is 14.8 Å². The highest BCUT2D eigenvalue weighted by molar-refractivity contribution is 5.50. The van der Waals surface area contributed by atoms with Crippen molar-refractivity contribution in [1.29, 1.82) is 0 Å². The fourth-order valence-electron chi connectivity index (χ4n) is 2.79. The van der Waals surface area contributed by atoms with E-state index in [-0.39, 0.29) is 6.04 Å². The second kappa shape index (κ2) is 5.65. The lowest BCUT2D eigenvalue weighted by molar-refractivity contribution is 0.632. The van der Waals surface area contributed by atoms with Crippen molar-refractivity contribution in [2.24, 2.45) is 0 Å². The predicted octanol–water partition coefficient (Wildman–Crippen LogP) is 3.70. The molecule has 0 bridgehead atoms. The third-order valence-electron chi connectivity index (χ3n) is 3.77. The molecule has 2 aromatic rings. The minimum atomic E-state index is 0.221. The molecular formula is C16H24N4. The molecule has 0 aliphatic heterocycles. The summed E-state index contributed by atoms with van der Waals surface area (Å²) in [5, 5.41) is 8.15. The minimum absolute atomic E-state index is 0.221. The minimum Gasteiger partial charge on any atom is -0.377 e. The average Bonchev–Trinajstić information content (AvgIpc) is 2.67. The number of hydrogen-bond acceptors (Lipinski definition) is 3. The van der Waals surface area contributed by atoms with Crippen molar-refractivity contribution in [3.8, 4) is 0 Å². The van der Waals surface area contributed by atoms with Crippen molar-refractivity contribution in [2.75, 3.05) is 5.32 Å². The first-order valence-electron chi connectivity index (χ1n) is 7.18. The number of rotatable bonds is 4. The molecular weight excluding hydrogens is 248 g/mol. The van der Waals surface area contributed by atoms with Crippen LogP contribution in [0.25, 0.3) is 0 Å². The van der Waals surface area contributed by atoms with Crippen molar-refractivity contribution >= 4 is 5.69 Å². The Balaban J connectivity index is 2.28. The molecule has 108 valence electrons. The van der Waals surface area contributed by atoms with Crippen LogP contribution in [0, 0.1) is 27.7 Å². The van der Waals surface area contributed by atoms with Crippen LogP contribution < -0.4 is 5.32 Å². The summed E-state index contributed by atoms with van der Waals surface area (Å²) >= 11 is 0. The topological polar surface area (TPSA) is 42.7 Å². The van der Waals surface area contributed by atoms with Crippen LogP contribution in [0.3, 0.4) is 0 Å². The van der Waals surface area contributed by atoms with Crippen molar-refractivity contribution in [3.63, 3.8) is 0 Å². The van der Waals surface area contributed by atoms with Gasteiger partial charge in [-0.1, -0.05) is 0 Å². The second-order valence-corrected chi connectivity index (χ2v) is 5.35. The molecule has 4 nitrogen and oxygen atoms in total. The zero-order valence-electron chi connectivity index (χ0n) is 13.3. The molecule has 0 amide bonds. The molecule has 0 radical (unpaired) electrons. The SMILES string of the molecule is CCn1nc(C)c(C(C)Nc2ccc(C)nc2C)c1C. The molecule has 0 aliphatic carbocycles. The van der Waals surface area contributed by atoms with Crippen LogP contribution in [0.15, 0.2) is 12.1 Å². The van der Waals surface area contributed by atoms with E-state index in [0.29, 0.717) is 0 Å². The zero-order chi connectivity index (χ0) is 14.9. The molecule has 2 aromatic heterocycles. The van der Waals surface area contributed by atoms with Gasteiger partial charge in [0, 0.05) is 23.5 Å². The van der Waals surface area contributed by atoms with Gasteiger partial charge in [0.25, 0.3) is 0 Å². The molecule has 1 N–H and O–H groups in total. The third-order valence-corrected chi connectivity index (χ3v) is 3.77. The van der Waals surface area contributed by atoms with E-state index in [1.165, 1.54) is 11.3 Å². The van der Waals surface area contributed by atoms with Gasteiger partial charge in [0.2, 0.25) is 0 Å². The quantitative estimate of drug-likeness (QED) is 0.922. The van der Waals surface area contributed by atoms with Gasteiger partial charge in [0.15, 0.2) is 0 Å². The summed E-state index contributed by atoms with van der Waals surface area (Å²) in [6.45, 7) is 13.5. The lowest BCUT2D eigenvalue weighted by Gasteiger charge is -2.18. The normalized spacial score (nSPS) is 12.5. The van der Waals surface area contributed by atoms with Crippen LogP contribution in [0.5, 0.6) is 0 Å². The summed E-state index contributed by atoms with van der Waals surface area (Å²) in [5.74, 6) is 0. The van der Waals surface area contributed by atoms with Gasteiger partial charge in [-0.2, -0.15) is 5.10 Å². The van der Waals surface area contributed by atoms with E-state index in [1.807, 2.05) is 19.9 Å². The standard InChI is InChI=1S/C16H24N4/c1-7-20-14(6)16(13(5)19-20)12(4)18-15-9-8-10(2)17-11(15)3/h8-9,12,18H,7H2,1-6H3. The average molecular weight is 272 g/mol. The predicted molar refractivity (Wildman–Crippen MR) is 83.1 cm³/mol. The van der Waals surface area contributed by atoms with Crippen LogP contribution in [-0.2, 0) is 6.54 Å². The maximum absolute atomic E-state index is 4.59. The maximum Gasteiger partial charge on any atom is 0.0649 e. The largest absolute Gasteiger partial charge is 0.377 e. The van der Waals surface area contributed by atoms with E-state index in [0.717, 1.165) is 29.3 Å². The number of nitrogens with one attached hydrogen (secondary N) is 1. The molecule has 20 heavy (non-hydrogen) atoms. The van der Waals surface area contributed by atoms with E-state index in [2.05, 4.69) is 53.8 Å². The molecule has 0 aliphatic rings. The molecule has 0 fully saturated rings. The number of hydrogen-bond donors (Lipinski definition) is 1. The first kappa shape index (κ1) is 14.6. The lowest BCUT2D eigenvalue weighted by atomic mass is 10.1. The first-order valence-corrected chi connectivity index (χ1v) is 7.18. The third kappa shape index (κ3) is 2.69. The summed E-state index contributed by atoms with van der Waals surface area (Å²) in [4.78, 5) is 4.50. The molecule has 1 unspecified atom stereocenters. The van der Waals surface area contributed by atoms with Crippen LogP contribution >= 0.6 is 0 Å². The fourth-order valence-corrected chi connectivity index (χ4v) is 2.79. The van der Waals surface area contributed by atoms with Crippen molar-refractivity contribution in [3.05, 3.63) is 40.5 Å². The number of nitrogens with zero attached hydrogens (tertiary/aromatic N) is 3. The number of pyridine rings is 1. The molecule has 0 spiro atoms. The van der Waals surface area contributed by atoms with Gasteiger partial charge in [-0.25, -0.2) is 0 Å². The highest BCUT2D eigenvalue weighted by Crippen LogP contribution is 2.26. The lowest BCUT2D eigenvalue weighted by Crippen LogP contribution is -2.10. The molecule has 0 saturated carbocycles. The summed E-state index contributed by atoms with van der Waals surface area (Å²) in [6, 6.07) is 4.36. The Kier molecular flexibility index (Phi) is 4.12. The Hall–Kier alpha value is -1.84. The van der Waals surface area contributed by atoms with Gasteiger partial charge >= 0.3 is 0 Å². The van der Waals surface area contributed by atoms with E-state index >= 15 is 0 Å². The van der Waals surface area contributed by atoms with Gasteiger partial charge in [-0.3, -0.25) is 9.67 Å². The van der Waals surface area contributed by atoms with Crippen LogP contribution in [-0.4, -0.2) is 14.8 Å². The van der Waals surface area contributed by atoms with Crippen LogP contribution in [0.4, 0.5) is 5.69 Å². The highest BCUT2D eigenvalue weighted by Gasteiger charge is 2.17. The summed E-state index contributed by atoms with van der Waals surface area (Å²) in [5.41, 5.74) is 6.80. The Morgan fingerprint density at radius 3 is 2.40 bits per heavy atom. The van der Waals surface area contributed by atoms with E-state index in [9.17, 15) is 0 Å². The van der Waals surface area contributed by atoms with Crippen LogP contribution in [0.1, 0.15) is 48.2 Å². The number of aromatic nitrogens is 3. The molecule has 4 heteroatoms. The van der Waals surface area contributed by atoms with Gasteiger partial charge in [0.1, 0.15) is 0 Å². The fraction of sp³-hybridized carbons (Fsp3) is 0.500. The smallest absolute Gasteiger partial charge is 0.0649 e. The molecule has 0 saturated heterocycles. The van der Waals surface area contributed by atoms with E-state index in [1.54, 1.807) is 0 Å². The van der Waals surface area contributed by atoms with Gasteiger partial charge < -0.3 is 5.32 Å². The van der Waals surface area contributed by atoms with E-state index < -0.39 is 0 Å². The Bertz CT molecular complexity index is 613. The van der Waals surface area contributed by atoms with Gasteiger partial charge in [0.05, 0.1) is 23.1 Å². The second-order valence-electron chi connectivity index (χ2n) is 5.35.